The Kier molecular flexibility index (Phi) is 5.00. The number of nitrogens with one attached hydrogen (secondary N) is 1. The largest absolute Gasteiger partial charge is 0.387 e. The predicted molar refractivity (Wildman–Crippen MR) is 64.0 cm³/mol. The lowest BCUT2D eigenvalue weighted by Gasteiger charge is -2.11. The Bertz CT molecular complexity index is 394. The van der Waals surface area contributed by atoms with Gasteiger partial charge in [0.1, 0.15) is 0 Å². The summed E-state index contributed by atoms with van der Waals surface area (Å²) in [5.41, 5.74) is 1.35. The molecule has 0 aliphatic rings. The lowest BCUT2D eigenvalue weighted by molar-refractivity contribution is 0.176. The number of nitriles is 1. The van der Waals surface area contributed by atoms with Crippen LogP contribution in [-0.4, -0.2) is 18.2 Å². The second-order valence-electron chi connectivity index (χ2n) is 3.40. The first-order valence-electron chi connectivity index (χ1n) is 4.85. The molecule has 0 amide bonds. The van der Waals surface area contributed by atoms with Crippen LogP contribution in [-0.2, 0) is 0 Å². The van der Waals surface area contributed by atoms with Crippen LogP contribution in [0.3, 0.4) is 0 Å². The molecule has 0 bridgehead atoms. The summed E-state index contributed by atoms with van der Waals surface area (Å²) in [6.45, 7) is 4.40. The zero-order valence-corrected chi connectivity index (χ0v) is 9.54. The van der Waals surface area contributed by atoms with Gasteiger partial charge in [0.05, 0.1) is 17.7 Å². The third-order valence-electron chi connectivity index (χ3n) is 2.08. The van der Waals surface area contributed by atoms with Gasteiger partial charge >= 0.3 is 0 Å². The minimum Gasteiger partial charge on any atom is -0.387 e. The quantitative estimate of drug-likeness (QED) is 0.822. The van der Waals surface area contributed by atoms with Gasteiger partial charge in [-0.05, 0) is 17.7 Å². The van der Waals surface area contributed by atoms with E-state index in [1.807, 2.05) is 6.07 Å². The molecule has 2 N–H and O–H groups in total. The minimum atomic E-state index is -0.608. The van der Waals surface area contributed by atoms with Crippen molar-refractivity contribution in [2.45, 2.75) is 6.10 Å². The Morgan fingerprint density at radius 2 is 2.12 bits per heavy atom. The summed E-state index contributed by atoms with van der Waals surface area (Å²) in [6, 6.07) is 8.86. The lowest BCUT2D eigenvalue weighted by Crippen LogP contribution is -2.22. The van der Waals surface area contributed by atoms with E-state index in [0.29, 0.717) is 23.7 Å². The predicted octanol–water partition coefficient (Wildman–Crippen LogP) is 1.93. The van der Waals surface area contributed by atoms with Crippen molar-refractivity contribution in [1.82, 2.24) is 5.32 Å². The van der Waals surface area contributed by atoms with Gasteiger partial charge < -0.3 is 10.4 Å². The van der Waals surface area contributed by atoms with Crippen molar-refractivity contribution in [3.63, 3.8) is 0 Å². The molecule has 1 aromatic rings. The maximum atomic E-state index is 9.78. The van der Waals surface area contributed by atoms with Crippen LogP contribution >= 0.6 is 11.6 Å². The Balaban J connectivity index is 2.49. The number of hydrogen-bond donors (Lipinski definition) is 2. The Morgan fingerprint density at radius 3 is 2.62 bits per heavy atom. The molecule has 4 heteroatoms. The number of aliphatic hydroxyl groups excluding tert-OH is 1. The highest BCUT2D eigenvalue weighted by Crippen LogP contribution is 2.12. The van der Waals surface area contributed by atoms with Crippen LogP contribution in [0.5, 0.6) is 0 Å². The maximum Gasteiger partial charge on any atom is 0.0991 e. The smallest absolute Gasteiger partial charge is 0.0991 e. The number of rotatable bonds is 5. The summed E-state index contributed by atoms with van der Waals surface area (Å²) in [4.78, 5) is 0. The summed E-state index contributed by atoms with van der Waals surface area (Å²) in [5.74, 6) is 0. The van der Waals surface area contributed by atoms with Crippen LogP contribution in [0, 0.1) is 11.3 Å². The number of hydrogen-bond acceptors (Lipinski definition) is 3. The van der Waals surface area contributed by atoms with E-state index in [9.17, 15) is 5.11 Å². The molecular weight excluding hydrogens is 224 g/mol. The molecule has 1 rings (SSSR count). The summed E-state index contributed by atoms with van der Waals surface area (Å²) in [7, 11) is 0. The monoisotopic (exact) mass is 236 g/mol. The van der Waals surface area contributed by atoms with Gasteiger partial charge in [0.2, 0.25) is 0 Å². The van der Waals surface area contributed by atoms with Crippen molar-refractivity contribution >= 4 is 11.6 Å². The molecular formula is C12H13ClN2O. The first-order valence-corrected chi connectivity index (χ1v) is 5.23. The van der Waals surface area contributed by atoms with Gasteiger partial charge in [-0.3, -0.25) is 0 Å². The topological polar surface area (TPSA) is 56.0 Å². The summed E-state index contributed by atoms with van der Waals surface area (Å²) >= 11 is 5.57. The van der Waals surface area contributed by atoms with E-state index in [1.165, 1.54) is 0 Å². The average molecular weight is 237 g/mol. The Labute approximate surface area is 100.0 Å². The fourth-order valence-electron chi connectivity index (χ4n) is 1.24. The van der Waals surface area contributed by atoms with E-state index in [4.69, 9.17) is 16.9 Å². The van der Waals surface area contributed by atoms with Gasteiger partial charge in [-0.15, -0.1) is 0 Å². The Hall–Kier alpha value is -1.34. The molecule has 84 valence electrons. The molecule has 3 nitrogen and oxygen atoms in total. The number of benzene rings is 1. The van der Waals surface area contributed by atoms with E-state index < -0.39 is 6.10 Å². The van der Waals surface area contributed by atoms with Crippen molar-refractivity contribution in [3.8, 4) is 6.07 Å². The molecule has 16 heavy (non-hydrogen) atoms. The summed E-state index contributed by atoms with van der Waals surface area (Å²) in [5, 5.41) is 21.9. The molecule has 0 aliphatic carbocycles. The van der Waals surface area contributed by atoms with E-state index in [2.05, 4.69) is 11.9 Å². The second kappa shape index (κ2) is 6.29. The van der Waals surface area contributed by atoms with Gasteiger partial charge in [-0.2, -0.15) is 5.26 Å². The second-order valence-corrected chi connectivity index (χ2v) is 3.93. The maximum absolute atomic E-state index is 9.78. The highest BCUT2D eigenvalue weighted by atomic mass is 35.5. The molecule has 0 aliphatic heterocycles. The van der Waals surface area contributed by atoms with Crippen molar-refractivity contribution in [1.29, 1.82) is 5.26 Å². The van der Waals surface area contributed by atoms with Crippen LogP contribution in [0.2, 0.25) is 0 Å². The molecule has 1 aromatic carbocycles. The minimum absolute atomic E-state index is 0.400. The average Bonchev–Trinajstić information content (AvgIpc) is 2.28. The van der Waals surface area contributed by atoms with Gasteiger partial charge in [-0.1, -0.05) is 30.3 Å². The van der Waals surface area contributed by atoms with E-state index >= 15 is 0 Å². The van der Waals surface area contributed by atoms with E-state index in [0.717, 1.165) is 5.56 Å². The van der Waals surface area contributed by atoms with Crippen molar-refractivity contribution in [2.24, 2.45) is 0 Å². The van der Waals surface area contributed by atoms with E-state index in [-0.39, 0.29) is 0 Å². The molecule has 0 heterocycles. The molecule has 0 radical (unpaired) electrons. The van der Waals surface area contributed by atoms with Gasteiger partial charge in [0.25, 0.3) is 0 Å². The zero-order valence-electron chi connectivity index (χ0n) is 8.78. The number of aliphatic hydroxyl groups is 1. The van der Waals surface area contributed by atoms with Gasteiger partial charge in [-0.25, -0.2) is 0 Å². The first-order chi connectivity index (χ1) is 7.63. The molecule has 0 fully saturated rings. The molecule has 0 aromatic heterocycles. The summed E-state index contributed by atoms with van der Waals surface area (Å²) < 4.78 is 0. The molecule has 1 atom stereocenters. The van der Waals surface area contributed by atoms with Crippen LogP contribution in [0.1, 0.15) is 17.2 Å². The normalized spacial score (nSPS) is 11.8. The fourth-order valence-corrected chi connectivity index (χ4v) is 1.34. The highest BCUT2D eigenvalue weighted by Gasteiger charge is 2.06. The number of halogens is 1. The lowest BCUT2D eigenvalue weighted by atomic mass is 10.1. The molecule has 0 spiro atoms. The van der Waals surface area contributed by atoms with Gasteiger partial charge in [0, 0.05) is 18.1 Å². The SMILES string of the molecule is C=C(Cl)CNCC(O)c1ccc(C#N)cc1. The summed E-state index contributed by atoms with van der Waals surface area (Å²) in [6.07, 6.45) is -0.608. The molecule has 0 saturated carbocycles. The van der Waals surface area contributed by atoms with E-state index in [1.54, 1.807) is 24.3 Å². The van der Waals surface area contributed by atoms with Crippen LogP contribution in [0.15, 0.2) is 35.9 Å². The first kappa shape index (κ1) is 12.7. The fraction of sp³-hybridized carbons (Fsp3) is 0.250. The third-order valence-corrected chi connectivity index (χ3v) is 2.21. The highest BCUT2D eigenvalue weighted by molar-refractivity contribution is 6.29. The molecule has 0 saturated heterocycles. The van der Waals surface area contributed by atoms with Gasteiger partial charge in [0.15, 0.2) is 0 Å². The standard InChI is InChI=1S/C12H13ClN2O/c1-9(13)7-15-8-12(16)11-4-2-10(6-14)3-5-11/h2-5,12,15-16H,1,7-8H2. The number of nitrogens with zero attached hydrogens (tertiary/aromatic N) is 1. The van der Waals surface area contributed by atoms with Crippen molar-refractivity contribution in [3.05, 3.63) is 47.0 Å². The Morgan fingerprint density at radius 1 is 1.50 bits per heavy atom. The third kappa shape index (κ3) is 4.03. The van der Waals surface area contributed by atoms with Crippen molar-refractivity contribution in [2.75, 3.05) is 13.1 Å². The van der Waals surface area contributed by atoms with Crippen LogP contribution < -0.4 is 5.32 Å². The van der Waals surface area contributed by atoms with Crippen molar-refractivity contribution < 1.29 is 5.11 Å². The van der Waals surface area contributed by atoms with Crippen LogP contribution in [0.4, 0.5) is 0 Å². The zero-order chi connectivity index (χ0) is 12.0. The van der Waals surface area contributed by atoms with Crippen LogP contribution in [0.25, 0.3) is 0 Å². The molecule has 1 unspecified atom stereocenters.